The lowest BCUT2D eigenvalue weighted by Gasteiger charge is -2.42. The minimum Gasteiger partial charge on any atom is -0.457 e. The first-order chi connectivity index (χ1) is 18.7. The smallest absolute Gasteiger partial charge is 0.146 e. The van der Waals surface area contributed by atoms with Gasteiger partial charge in [0.05, 0.1) is 12.0 Å². The molecule has 2 aliphatic rings. The lowest BCUT2D eigenvalue weighted by molar-refractivity contribution is 0.0637. The molecular formula is C30H36N6O2. The van der Waals surface area contributed by atoms with Gasteiger partial charge < -0.3 is 20.1 Å². The molecule has 2 aromatic carbocycles. The number of aromatic nitrogens is 3. The van der Waals surface area contributed by atoms with Gasteiger partial charge in [0.25, 0.3) is 0 Å². The van der Waals surface area contributed by atoms with Crippen LogP contribution in [0.4, 0.5) is 5.82 Å². The van der Waals surface area contributed by atoms with Crippen molar-refractivity contribution in [3.8, 4) is 22.6 Å². The molecule has 38 heavy (non-hydrogen) atoms. The Morgan fingerprint density at radius 3 is 2.24 bits per heavy atom. The molecule has 0 atom stereocenters. The summed E-state index contributed by atoms with van der Waals surface area (Å²) in [6, 6.07) is 19.0. The Hall–Kier alpha value is -3.46. The van der Waals surface area contributed by atoms with Crippen molar-refractivity contribution < 1.29 is 9.84 Å². The number of aliphatic hydroxyl groups is 1. The second kappa shape index (κ2) is 11.1. The van der Waals surface area contributed by atoms with E-state index >= 15 is 0 Å². The van der Waals surface area contributed by atoms with E-state index in [0.717, 1.165) is 79.2 Å². The molecule has 0 radical (unpaired) electrons. The van der Waals surface area contributed by atoms with Crippen molar-refractivity contribution in [3.05, 3.63) is 67.1 Å². The third-order valence-electron chi connectivity index (χ3n) is 8.18. The number of fused-ring (bicyclic) bond motifs is 1. The van der Waals surface area contributed by atoms with Gasteiger partial charge in [0.15, 0.2) is 0 Å². The predicted octanol–water partition coefficient (Wildman–Crippen LogP) is 4.57. The number of piperazine rings is 1. The molecule has 0 bridgehead atoms. The lowest BCUT2D eigenvalue weighted by Crippen LogP contribution is -2.51. The van der Waals surface area contributed by atoms with Gasteiger partial charge in [-0.1, -0.05) is 30.3 Å². The Morgan fingerprint density at radius 1 is 0.842 bits per heavy atom. The summed E-state index contributed by atoms with van der Waals surface area (Å²) in [6.07, 6.45) is 8.42. The number of nitrogens with two attached hydrogens (primary N) is 1. The second-order valence-corrected chi connectivity index (χ2v) is 10.4. The molecule has 8 heteroatoms. The van der Waals surface area contributed by atoms with E-state index in [2.05, 4.69) is 42.7 Å². The number of rotatable bonds is 7. The van der Waals surface area contributed by atoms with Crippen LogP contribution in [0.3, 0.4) is 0 Å². The molecule has 0 unspecified atom stereocenters. The van der Waals surface area contributed by atoms with Crippen LogP contribution in [-0.2, 0) is 0 Å². The molecule has 1 aliphatic carbocycles. The molecule has 1 aliphatic heterocycles. The maximum Gasteiger partial charge on any atom is 0.146 e. The maximum atomic E-state index is 9.22. The first-order valence-corrected chi connectivity index (χ1v) is 13.7. The van der Waals surface area contributed by atoms with Crippen LogP contribution in [0.5, 0.6) is 11.5 Å². The zero-order valence-corrected chi connectivity index (χ0v) is 21.7. The van der Waals surface area contributed by atoms with E-state index < -0.39 is 0 Å². The van der Waals surface area contributed by atoms with E-state index in [1.165, 1.54) is 12.8 Å². The number of benzene rings is 2. The zero-order valence-electron chi connectivity index (χ0n) is 21.7. The average molecular weight is 513 g/mol. The van der Waals surface area contributed by atoms with Gasteiger partial charge in [0.2, 0.25) is 0 Å². The predicted molar refractivity (Wildman–Crippen MR) is 150 cm³/mol. The van der Waals surface area contributed by atoms with Crippen molar-refractivity contribution >= 4 is 16.9 Å². The number of para-hydroxylation sites is 1. The van der Waals surface area contributed by atoms with Crippen LogP contribution in [-0.4, -0.2) is 74.8 Å². The van der Waals surface area contributed by atoms with Gasteiger partial charge in [0, 0.05) is 56.6 Å². The van der Waals surface area contributed by atoms with E-state index in [0.29, 0.717) is 17.9 Å². The van der Waals surface area contributed by atoms with E-state index in [4.69, 9.17) is 10.5 Å². The minimum atomic E-state index is 0.248. The Bertz CT molecular complexity index is 1340. The first-order valence-electron chi connectivity index (χ1n) is 13.7. The number of aliphatic hydroxyl groups excluding tert-OH is 1. The number of β-amino-alcohol motifs (C(OH)–C–C–N with tert-alkyl or cyclic N) is 1. The fraction of sp³-hybridized carbons (Fsp3) is 0.400. The van der Waals surface area contributed by atoms with Crippen molar-refractivity contribution in [1.82, 2.24) is 24.3 Å². The van der Waals surface area contributed by atoms with Crippen molar-refractivity contribution in [2.75, 3.05) is 45.1 Å². The molecule has 8 nitrogen and oxygen atoms in total. The van der Waals surface area contributed by atoms with Crippen LogP contribution < -0.4 is 10.5 Å². The number of nitrogens with zero attached hydrogens (tertiary/aromatic N) is 5. The molecule has 2 aromatic heterocycles. The lowest BCUT2D eigenvalue weighted by atomic mass is 9.89. The first kappa shape index (κ1) is 24.9. The zero-order chi connectivity index (χ0) is 25.9. The van der Waals surface area contributed by atoms with Crippen LogP contribution in [0.1, 0.15) is 31.7 Å². The largest absolute Gasteiger partial charge is 0.457 e. The van der Waals surface area contributed by atoms with Gasteiger partial charge >= 0.3 is 0 Å². The summed E-state index contributed by atoms with van der Waals surface area (Å²) in [5, 5.41) is 10.1. The highest BCUT2D eigenvalue weighted by Crippen LogP contribution is 2.39. The highest BCUT2D eigenvalue weighted by Gasteiger charge is 2.30. The molecule has 0 amide bonds. The Labute approximate surface area is 223 Å². The fourth-order valence-electron chi connectivity index (χ4n) is 6.13. The molecule has 3 N–H and O–H groups in total. The summed E-state index contributed by atoms with van der Waals surface area (Å²) in [7, 11) is 0. The maximum absolute atomic E-state index is 9.22. The van der Waals surface area contributed by atoms with Crippen LogP contribution in [0.2, 0.25) is 0 Å². The molecule has 4 aromatic rings. The third kappa shape index (κ3) is 5.12. The van der Waals surface area contributed by atoms with Gasteiger partial charge in [-0.3, -0.25) is 9.80 Å². The third-order valence-corrected chi connectivity index (χ3v) is 8.18. The van der Waals surface area contributed by atoms with Crippen molar-refractivity contribution in [1.29, 1.82) is 0 Å². The van der Waals surface area contributed by atoms with Crippen molar-refractivity contribution in [3.63, 3.8) is 0 Å². The fourth-order valence-corrected chi connectivity index (χ4v) is 6.13. The normalized spacial score (nSPS) is 21.1. The molecule has 0 spiro atoms. The van der Waals surface area contributed by atoms with Crippen LogP contribution in [0, 0.1) is 0 Å². The van der Waals surface area contributed by atoms with Gasteiger partial charge in [-0.05, 0) is 55.5 Å². The van der Waals surface area contributed by atoms with Gasteiger partial charge in [-0.25, -0.2) is 9.97 Å². The van der Waals surface area contributed by atoms with Crippen molar-refractivity contribution in [2.45, 2.75) is 37.8 Å². The summed E-state index contributed by atoms with van der Waals surface area (Å²) in [6.45, 7) is 5.34. The molecule has 1 saturated carbocycles. The molecular weight excluding hydrogens is 476 g/mol. The summed E-state index contributed by atoms with van der Waals surface area (Å²) in [4.78, 5) is 14.0. The van der Waals surface area contributed by atoms with E-state index in [-0.39, 0.29) is 6.61 Å². The monoisotopic (exact) mass is 512 g/mol. The SMILES string of the molecule is Nc1ncnc2c1c(-c1ccc(Oc3ccccc3)cc1)cn2C1CCC(N2CCN(CCO)CC2)CC1. The van der Waals surface area contributed by atoms with Crippen molar-refractivity contribution in [2.24, 2.45) is 0 Å². The van der Waals surface area contributed by atoms with Crippen LogP contribution >= 0.6 is 0 Å². The molecule has 2 fully saturated rings. The number of hydrogen-bond acceptors (Lipinski definition) is 7. The molecule has 198 valence electrons. The summed E-state index contributed by atoms with van der Waals surface area (Å²) in [5.74, 6) is 2.13. The highest BCUT2D eigenvalue weighted by molar-refractivity contribution is 6.00. The Balaban J connectivity index is 1.19. The standard InChI is InChI=1S/C30H36N6O2/c31-29-28-27(22-6-12-26(13-7-22)38-25-4-2-1-3-5-25)20-36(30(28)33-21-32-29)24-10-8-23(9-11-24)35-16-14-34(15-17-35)18-19-37/h1-7,12-13,20-21,23-24,37H,8-11,14-19H2,(H2,31,32,33). The number of hydrogen-bond donors (Lipinski definition) is 2. The van der Waals surface area contributed by atoms with E-state index in [9.17, 15) is 5.11 Å². The number of ether oxygens (including phenoxy) is 1. The van der Waals surface area contributed by atoms with Gasteiger partial charge in [-0.2, -0.15) is 0 Å². The van der Waals surface area contributed by atoms with Gasteiger partial charge in [0.1, 0.15) is 29.3 Å². The van der Waals surface area contributed by atoms with E-state index in [1.54, 1.807) is 6.33 Å². The quantitative estimate of drug-likeness (QED) is 0.375. The van der Waals surface area contributed by atoms with Gasteiger partial charge in [-0.15, -0.1) is 0 Å². The summed E-state index contributed by atoms with van der Waals surface area (Å²) < 4.78 is 8.33. The molecule has 1 saturated heterocycles. The average Bonchev–Trinajstić information content (AvgIpc) is 3.36. The summed E-state index contributed by atoms with van der Waals surface area (Å²) in [5.41, 5.74) is 9.46. The number of anilines is 1. The summed E-state index contributed by atoms with van der Waals surface area (Å²) >= 11 is 0. The topological polar surface area (TPSA) is 92.7 Å². The minimum absolute atomic E-state index is 0.248. The van der Waals surface area contributed by atoms with E-state index in [1.807, 2.05) is 42.5 Å². The molecule has 6 rings (SSSR count). The second-order valence-electron chi connectivity index (χ2n) is 10.4. The van der Waals surface area contributed by atoms with Crippen LogP contribution in [0.25, 0.3) is 22.2 Å². The Kier molecular flexibility index (Phi) is 7.27. The molecule has 3 heterocycles. The van der Waals surface area contributed by atoms with Crippen LogP contribution in [0.15, 0.2) is 67.1 Å². The number of nitrogen functional groups attached to an aromatic ring is 1. The highest BCUT2D eigenvalue weighted by atomic mass is 16.5. The Morgan fingerprint density at radius 2 is 1.53 bits per heavy atom.